The smallest absolute Gasteiger partial charge is 0.158 e. The summed E-state index contributed by atoms with van der Waals surface area (Å²) >= 11 is 5.81. The molecule has 5 heteroatoms. The molecule has 1 atom stereocenters. The molecule has 16 heavy (non-hydrogen) atoms. The Bertz CT molecular complexity index is 443. The Hall–Kier alpha value is -1.42. The van der Waals surface area contributed by atoms with Gasteiger partial charge in [0.25, 0.3) is 0 Å². The molecule has 0 radical (unpaired) electrons. The highest BCUT2D eigenvalue weighted by Gasteiger charge is 2.37. The van der Waals surface area contributed by atoms with Crippen molar-refractivity contribution in [3.05, 3.63) is 34.2 Å². The molecule has 0 saturated heterocycles. The van der Waals surface area contributed by atoms with E-state index in [1.807, 2.05) is 19.1 Å². The van der Waals surface area contributed by atoms with E-state index in [2.05, 4.69) is 10.3 Å². The molecule has 1 aromatic rings. The van der Waals surface area contributed by atoms with Crippen molar-refractivity contribution >= 4 is 23.0 Å². The molecule has 0 aromatic heterocycles. The van der Waals surface area contributed by atoms with Gasteiger partial charge in [0.05, 0.1) is 17.9 Å². The van der Waals surface area contributed by atoms with Crippen molar-refractivity contribution in [2.45, 2.75) is 19.4 Å². The molecular formula is C11H12ClN3O. The second-order valence-electron chi connectivity index (χ2n) is 4.08. The monoisotopic (exact) mass is 237 g/mol. The highest BCUT2D eigenvalue weighted by molar-refractivity contribution is 6.30. The molecule has 1 aromatic carbocycles. The van der Waals surface area contributed by atoms with E-state index >= 15 is 0 Å². The Morgan fingerprint density at radius 2 is 2.06 bits per heavy atom. The fourth-order valence-electron chi connectivity index (χ4n) is 1.59. The molecule has 0 N–H and O–H groups in total. The van der Waals surface area contributed by atoms with Crippen LogP contribution in [0.1, 0.15) is 13.8 Å². The molecule has 0 aliphatic carbocycles. The molecule has 1 aliphatic heterocycles. The summed E-state index contributed by atoms with van der Waals surface area (Å²) in [4.78, 5) is 10.8. The van der Waals surface area contributed by atoms with Gasteiger partial charge < -0.3 is 0 Å². The van der Waals surface area contributed by atoms with Crippen molar-refractivity contribution in [2.75, 3.05) is 11.6 Å². The summed E-state index contributed by atoms with van der Waals surface area (Å²) in [6, 6.07) is 7.34. The minimum Gasteiger partial charge on any atom is -0.263 e. The second-order valence-corrected chi connectivity index (χ2v) is 4.52. The molecule has 0 unspecified atom stereocenters. The average Bonchev–Trinajstić information content (AvgIpc) is 2.57. The van der Waals surface area contributed by atoms with Gasteiger partial charge in [-0.3, -0.25) is 5.01 Å². The summed E-state index contributed by atoms with van der Waals surface area (Å²) < 4.78 is 0. The maximum atomic E-state index is 10.8. The summed E-state index contributed by atoms with van der Waals surface area (Å²) in [5.74, 6) is 0. The maximum absolute atomic E-state index is 10.8. The lowest BCUT2D eigenvalue weighted by Gasteiger charge is -2.18. The number of halogens is 1. The third kappa shape index (κ3) is 1.80. The Morgan fingerprint density at radius 3 is 2.56 bits per heavy atom. The Morgan fingerprint density at radius 1 is 1.44 bits per heavy atom. The zero-order valence-electron chi connectivity index (χ0n) is 9.14. The van der Waals surface area contributed by atoms with E-state index < -0.39 is 5.54 Å². The minimum atomic E-state index is -0.723. The van der Waals surface area contributed by atoms with Crippen LogP contribution in [0.3, 0.4) is 0 Å². The van der Waals surface area contributed by atoms with Crippen LogP contribution in [-0.2, 0) is 0 Å². The SMILES string of the molecule is CC1=NN(c2ccc(Cl)cc2)C[C@]1(C)N=O. The van der Waals surface area contributed by atoms with Crippen molar-refractivity contribution < 1.29 is 0 Å². The molecule has 0 bridgehead atoms. The van der Waals surface area contributed by atoms with E-state index in [0.717, 1.165) is 11.4 Å². The molecule has 4 nitrogen and oxygen atoms in total. The van der Waals surface area contributed by atoms with Crippen molar-refractivity contribution in [1.82, 2.24) is 0 Å². The third-order valence-corrected chi connectivity index (χ3v) is 3.09. The van der Waals surface area contributed by atoms with Crippen LogP contribution >= 0.6 is 11.6 Å². The molecule has 0 fully saturated rings. The third-order valence-electron chi connectivity index (χ3n) is 2.83. The largest absolute Gasteiger partial charge is 0.263 e. The first-order valence-electron chi connectivity index (χ1n) is 4.98. The van der Waals surface area contributed by atoms with E-state index in [-0.39, 0.29) is 0 Å². The first-order valence-corrected chi connectivity index (χ1v) is 5.36. The van der Waals surface area contributed by atoms with Crippen molar-refractivity contribution in [3.8, 4) is 0 Å². The lowest BCUT2D eigenvalue weighted by Crippen LogP contribution is -2.34. The Balaban J connectivity index is 2.27. The van der Waals surface area contributed by atoms with Crippen molar-refractivity contribution in [3.63, 3.8) is 0 Å². The fraction of sp³-hybridized carbons (Fsp3) is 0.364. The highest BCUT2D eigenvalue weighted by atomic mass is 35.5. The molecule has 2 rings (SSSR count). The number of anilines is 1. The number of rotatable bonds is 2. The number of hydrogen-bond donors (Lipinski definition) is 0. The number of hydrazone groups is 1. The van der Waals surface area contributed by atoms with Gasteiger partial charge in [-0.1, -0.05) is 16.8 Å². The predicted octanol–water partition coefficient (Wildman–Crippen LogP) is 3.06. The molecule has 0 amide bonds. The summed E-state index contributed by atoms with van der Waals surface area (Å²) in [5.41, 5.74) is 0.924. The zero-order valence-corrected chi connectivity index (χ0v) is 9.90. The molecule has 1 aliphatic rings. The van der Waals surface area contributed by atoms with E-state index in [4.69, 9.17) is 11.6 Å². The van der Waals surface area contributed by atoms with Crippen LogP contribution in [0.4, 0.5) is 5.69 Å². The number of hydrogen-bond acceptors (Lipinski definition) is 4. The van der Waals surface area contributed by atoms with Crippen LogP contribution in [0.2, 0.25) is 5.02 Å². The van der Waals surface area contributed by atoms with Crippen LogP contribution in [0, 0.1) is 4.91 Å². The lowest BCUT2D eigenvalue weighted by molar-refractivity contribution is 0.642. The van der Waals surface area contributed by atoms with Gasteiger partial charge in [-0.05, 0) is 38.1 Å². The highest BCUT2D eigenvalue weighted by Crippen LogP contribution is 2.28. The first kappa shape index (κ1) is 11.1. The summed E-state index contributed by atoms with van der Waals surface area (Å²) in [7, 11) is 0. The molecule has 0 saturated carbocycles. The molecule has 0 spiro atoms. The van der Waals surface area contributed by atoms with Crippen LogP contribution in [0.5, 0.6) is 0 Å². The van der Waals surface area contributed by atoms with Crippen molar-refractivity contribution in [2.24, 2.45) is 10.3 Å². The Kier molecular flexibility index (Phi) is 2.68. The van der Waals surface area contributed by atoms with E-state index in [9.17, 15) is 4.91 Å². The molecule has 84 valence electrons. The van der Waals surface area contributed by atoms with Gasteiger partial charge in [-0.15, -0.1) is 4.91 Å². The maximum Gasteiger partial charge on any atom is 0.158 e. The lowest BCUT2D eigenvalue weighted by atomic mass is 9.99. The summed E-state index contributed by atoms with van der Waals surface area (Å²) in [6.07, 6.45) is 0. The predicted molar refractivity (Wildman–Crippen MR) is 66.1 cm³/mol. The van der Waals surface area contributed by atoms with Gasteiger partial charge in [0.15, 0.2) is 5.54 Å². The van der Waals surface area contributed by atoms with Gasteiger partial charge in [0.2, 0.25) is 0 Å². The average molecular weight is 238 g/mol. The van der Waals surface area contributed by atoms with Gasteiger partial charge >= 0.3 is 0 Å². The molecule has 1 heterocycles. The van der Waals surface area contributed by atoms with Gasteiger partial charge in [0, 0.05) is 5.02 Å². The summed E-state index contributed by atoms with van der Waals surface area (Å²) in [5, 5.41) is 9.92. The van der Waals surface area contributed by atoms with Gasteiger partial charge in [-0.2, -0.15) is 5.10 Å². The van der Waals surface area contributed by atoms with Crippen LogP contribution in [0.25, 0.3) is 0 Å². The Labute approximate surface area is 98.9 Å². The normalized spacial score (nSPS) is 24.4. The topological polar surface area (TPSA) is 45.0 Å². The minimum absolute atomic E-state index is 0.476. The summed E-state index contributed by atoms with van der Waals surface area (Å²) in [6.45, 7) is 4.08. The number of benzene rings is 1. The fourth-order valence-corrected chi connectivity index (χ4v) is 1.71. The van der Waals surface area contributed by atoms with Crippen LogP contribution in [-0.4, -0.2) is 17.8 Å². The number of nitrogens with zero attached hydrogens (tertiary/aromatic N) is 3. The van der Waals surface area contributed by atoms with Gasteiger partial charge in [-0.25, -0.2) is 0 Å². The molecular weight excluding hydrogens is 226 g/mol. The standard InChI is InChI=1S/C11H12ClN3O/c1-8-11(2,14-16)7-15(13-8)10-5-3-9(12)4-6-10/h3-6H,7H2,1-2H3/t11-/m0/s1. The van der Waals surface area contributed by atoms with E-state index in [0.29, 0.717) is 11.6 Å². The van der Waals surface area contributed by atoms with Crippen LogP contribution in [0.15, 0.2) is 34.5 Å². The second kappa shape index (κ2) is 3.87. The van der Waals surface area contributed by atoms with E-state index in [1.165, 1.54) is 0 Å². The zero-order chi connectivity index (χ0) is 11.8. The van der Waals surface area contributed by atoms with Gasteiger partial charge in [0.1, 0.15) is 0 Å². The quantitative estimate of drug-likeness (QED) is 0.742. The van der Waals surface area contributed by atoms with E-state index in [1.54, 1.807) is 24.1 Å². The van der Waals surface area contributed by atoms with Crippen molar-refractivity contribution in [1.29, 1.82) is 0 Å². The number of nitroso groups, excluding NO2 is 1. The van der Waals surface area contributed by atoms with Crippen LogP contribution < -0.4 is 5.01 Å². The first-order chi connectivity index (χ1) is 7.55.